The standard InChI is InChI=1S/C23H23BrClNO4/c1-29-19-5-3-4-17(14-19)8-11-21(20(24)15-22(25)27)26-13-12-16-6-9-18(10-7-16)23(28)30-2/h3-11,14-15,26-27H,12-13H2,1-2H3/b11-8+,21-20+,22-15-. The van der Waals surface area contributed by atoms with Crippen molar-refractivity contribution in [2.24, 2.45) is 0 Å². The molecule has 0 saturated carbocycles. The van der Waals surface area contributed by atoms with Crippen LogP contribution in [0.15, 0.2) is 76.1 Å². The molecule has 5 nitrogen and oxygen atoms in total. The zero-order valence-corrected chi connectivity index (χ0v) is 19.0. The summed E-state index contributed by atoms with van der Waals surface area (Å²) in [6, 6.07) is 14.9. The molecule has 158 valence electrons. The third kappa shape index (κ3) is 7.61. The maximum atomic E-state index is 11.5. The molecule has 0 unspecified atom stereocenters. The minimum atomic E-state index is -0.357. The fraction of sp³-hybridized carbons (Fsp3) is 0.174. The molecule has 0 bridgehead atoms. The summed E-state index contributed by atoms with van der Waals surface area (Å²) < 4.78 is 10.6. The van der Waals surface area contributed by atoms with E-state index in [9.17, 15) is 9.90 Å². The molecule has 0 atom stereocenters. The number of hydrogen-bond donors (Lipinski definition) is 2. The van der Waals surface area contributed by atoms with Gasteiger partial charge in [0.05, 0.1) is 19.8 Å². The molecule has 0 heterocycles. The lowest BCUT2D eigenvalue weighted by molar-refractivity contribution is 0.0600. The molecule has 30 heavy (non-hydrogen) atoms. The molecule has 0 spiro atoms. The molecule has 2 aromatic rings. The van der Waals surface area contributed by atoms with Crippen molar-refractivity contribution in [2.75, 3.05) is 20.8 Å². The highest BCUT2D eigenvalue weighted by Crippen LogP contribution is 2.19. The van der Waals surface area contributed by atoms with Gasteiger partial charge < -0.3 is 19.9 Å². The van der Waals surface area contributed by atoms with Crippen LogP contribution in [0.3, 0.4) is 0 Å². The number of halogens is 2. The van der Waals surface area contributed by atoms with E-state index in [1.165, 1.54) is 13.2 Å². The normalized spacial score (nSPS) is 12.5. The van der Waals surface area contributed by atoms with Crippen molar-refractivity contribution in [3.05, 3.63) is 92.8 Å². The molecule has 0 aliphatic carbocycles. The first-order valence-electron chi connectivity index (χ1n) is 9.12. The van der Waals surface area contributed by atoms with Crippen LogP contribution in [0.2, 0.25) is 0 Å². The molecule has 7 heteroatoms. The molecule has 0 amide bonds. The van der Waals surface area contributed by atoms with E-state index in [2.05, 4.69) is 21.2 Å². The Bertz CT molecular complexity index is 948. The summed E-state index contributed by atoms with van der Waals surface area (Å²) in [5.41, 5.74) is 3.29. The van der Waals surface area contributed by atoms with E-state index < -0.39 is 0 Å². The summed E-state index contributed by atoms with van der Waals surface area (Å²) in [7, 11) is 2.98. The van der Waals surface area contributed by atoms with Crippen molar-refractivity contribution < 1.29 is 19.4 Å². The topological polar surface area (TPSA) is 67.8 Å². The van der Waals surface area contributed by atoms with Crippen molar-refractivity contribution in [1.82, 2.24) is 5.32 Å². The first kappa shape index (κ1) is 23.6. The largest absolute Gasteiger partial charge is 0.498 e. The van der Waals surface area contributed by atoms with Crippen LogP contribution >= 0.6 is 27.5 Å². The van der Waals surface area contributed by atoms with Gasteiger partial charge >= 0.3 is 5.97 Å². The fourth-order valence-electron chi connectivity index (χ4n) is 2.60. The van der Waals surface area contributed by atoms with E-state index in [-0.39, 0.29) is 11.2 Å². The number of aliphatic hydroxyl groups excluding tert-OH is 1. The molecule has 2 N–H and O–H groups in total. The number of nitrogens with one attached hydrogen (secondary N) is 1. The van der Waals surface area contributed by atoms with Gasteiger partial charge in [0, 0.05) is 22.8 Å². The highest BCUT2D eigenvalue weighted by Gasteiger charge is 2.05. The van der Waals surface area contributed by atoms with Gasteiger partial charge in [-0.3, -0.25) is 0 Å². The van der Waals surface area contributed by atoms with E-state index >= 15 is 0 Å². The Hall–Kier alpha value is -2.70. The van der Waals surface area contributed by atoms with E-state index in [0.717, 1.165) is 29.0 Å². The van der Waals surface area contributed by atoms with Gasteiger partial charge in [0.1, 0.15) is 5.75 Å². The van der Waals surface area contributed by atoms with Crippen LogP contribution in [-0.2, 0) is 11.2 Å². The molecular weight excluding hydrogens is 470 g/mol. The van der Waals surface area contributed by atoms with Crippen molar-refractivity contribution >= 4 is 39.6 Å². The lowest BCUT2D eigenvalue weighted by Crippen LogP contribution is -2.16. The van der Waals surface area contributed by atoms with Gasteiger partial charge in [-0.05, 0) is 75.4 Å². The Morgan fingerprint density at radius 1 is 1.20 bits per heavy atom. The van der Waals surface area contributed by atoms with Crippen LogP contribution in [0, 0.1) is 0 Å². The Morgan fingerprint density at radius 3 is 2.57 bits per heavy atom. The Morgan fingerprint density at radius 2 is 1.93 bits per heavy atom. The number of carbonyl (C=O) groups excluding carboxylic acids is 1. The van der Waals surface area contributed by atoms with Crippen LogP contribution in [-0.4, -0.2) is 31.8 Å². The maximum Gasteiger partial charge on any atom is 0.337 e. The molecule has 0 aliphatic heterocycles. The predicted molar refractivity (Wildman–Crippen MR) is 124 cm³/mol. The number of carbonyl (C=O) groups is 1. The minimum Gasteiger partial charge on any atom is -0.498 e. The second-order valence-corrected chi connectivity index (χ2v) is 7.45. The zero-order valence-electron chi connectivity index (χ0n) is 16.7. The third-order valence-corrected chi connectivity index (χ3v) is 4.91. The van der Waals surface area contributed by atoms with E-state index in [1.54, 1.807) is 19.2 Å². The maximum absolute atomic E-state index is 11.5. The number of allylic oxidation sites excluding steroid dienone is 3. The summed E-state index contributed by atoms with van der Waals surface area (Å²) >= 11 is 9.04. The summed E-state index contributed by atoms with van der Waals surface area (Å²) in [5, 5.41) is 12.4. The summed E-state index contributed by atoms with van der Waals surface area (Å²) in [4.78, 5) is 11.5. The number of benzene rings is 2. The summed E-state index contributed by atoms with van der Waals surface area (Å²) in [6.45, 7) is 0.626. The van der Waals surface area contributed by atoms with Crippen LogP contribution in [0.4, 0.5) is 0 Å². The smallest absolute Gasteiger partial charge is 0.337 e. The SMILES string of the molecule is COC(=O)c1ccc(CCNC(/C=C/c2cccc(OC)c2)=C(Br)\C=C(/O)Cl)cc1. The highest BCUT2D eigenvalue weighted by molar-refractivity contribution is 9.11. The quantitative estimate of drug-likeness (QED) is 0.272. The first-order chi connectivity index (χ1) is 14.4. The molecule has 0 radical (unpaired) electrons. The van der Waals surface area contributed by atoms with Gasteiger partial charge in [0.15, 0.2) is 5.22 Å². The first-order valence-corrected chi connectivity index (χ1v) is 10.3. The van der Waals surface area contributed by atoms with Gasteiger partial charge in [0.2, 0.25) is 0 Å². The van der Waals surface area contributed by atoms with Crippen molar-refractivity contribution in [3.8, 4) is 5.75 Å². The number of esters is 1. The molecule has 2 rings (SSSR count). The second kappa shape index (κ2) is 12.1. The third-order valence-electron chi connectivity index (χ3n) is 4.14. The van der Waals surface area contributed by atoms with Gasteiger partial charge in [0.25, 0.3) is 0 Å². The van der Waals surface area contributed by atoms with Gasteiger partial charge in [-0.1, -0.05) is 30.3 Å². The van der Waals surface area contributed by atoms with Crippen LogP contribution in [0.1, 0.15) is 21.5 Å². The lowest BCUT2D eigenvalue weighted by Gasteiger charge is -2.10. The van der Waals surface area contributed by atoms with Gasteiger partial charge in [-0.15, -0.1) is 0 Å². The molecule has 0 aliphatic rings. The average Bonchev–Trinajstić information content (AvgIpc) is 2.75. The Labute approximate surface area is 189 Å². The fourth-order valence-corrected chi connectivity index (χ4v) is 3.33. The number of aliphatic hydroxyl groups is 1. The van der Waals surface area contributed by atoms with Crippen LogP contribution in [0.5, 0.6) is 5.75 Å². The lowest BCUT2D eigenvalue weighted by atomic mass is 10.1. The highest BCUT2D eigenvalue weighted by atomic mass is 79.9. The van der Waals surface area contributed by atoms with Crippen molar-refractivity contribution in [1.29, 1.82) is 0 Å². The Balaban J connectivity index is 2.09. The van der Waals surface area contributed by atoms with Gasteiger partial charge in [-0.25, -0.2) is 4.79 Å². The molecule has 0 saturated heterocycles. The monoisotopic (exact) mass is 491 g/mol. The zero-order chi connectivity index (χ0) is 21.9. The average molecular weight is 493 g/mol. The van der Waals surface area contributed by atoms with E-state index in [1.807, 2.05) is 48.6 Å². The molecule has 0 aromatic heterocycles. The number of rotatable bonds is 9. The summed E-state index contributed by atoms with van der Waals surface area (Å²) in [6.07, 6.45) is 5.95. The van der Waals surface area contributed by atoms with E-state index in [4.69, 9.17) is 21.1 Å². The van der Waals surface area contributed by atoms with Crippen molar-refractivity contribution in [3.63, 3.8) is 0 Å². The van der Waals surface area contributed by atoms with Crippen LogP contribution in [0.25, 0.3) is 6.08 Å². The number of ether oxygens (including phenoxy) is 2. The second-order valence-electron chi connectivity index (χ2n) is 6.20. The predicted octanol–water partition coefficient (Wildman–Crippen LogP) is 5.57. The molecule has 0 fully saturated rings. The molecular formula is C23H23BrClNO4. The molecule has 2 aromatic carbocycles. The Kier molecular flexibility index (Phi) is 9.51. The summed E-state index contributed by atoms with van der Waals surface area (Å²) in [5.74, 6) is 0.410. The number of methoxy groups -OCH3 is 2. The minimum absolute atomic E-state index is 0.325. The number of hydrogen-bond acceptors (Lipinski definition) is 5. The van der Waals surface area contributed by atoms with Crippen LogP contribution < -0.4 is 10.1 Å². The van der Waals surface area contributed by atoms with E-state index in [0.29, 0.717) is 16.6 Å². The van der Waals surface area contributed by atoms with Gasteiger partial charge in [-0.2, -0.15) is 0 Å². The van der Waals surface area contributed by atoms with Crippen molar-refractivity contribution in [2.45, 2.75) is 6.42 Å².